The highest BCUT2D eigenvalue weighted by atomic mass is 35.5. The summed E-state index contributed by atoms with van der Waals surface area (Å²) in [6, 6.07) is 12.0. The van der Waals surface area contributed by atoms with Gasteiger partial charge in [0.05, 0.1) is 6.42 Å². The maximum atomic E-state index is 13.3. The van der Waals surface area contributed by atoms with Crippen molar-refractivity contribution in [3.05, 3.63) is 68.7 Å². The summed E-state index contributed by atoms with van der Waals surface area (Å²) in [7, 11) is 0. The molecular weight excluding hydrogens is 443 g/mol. The molecule has 1 fully saturated rings. The average molecular weight is 468 g/mol. The van der Waals surface area contributed by atoms with E-state index in [9.17, 15) is 9.59 Å². The Morgan fingerprint density at radius 3 is 2.23 bits per heavy atom. The second-order valence-electron chi connectivity index (χ2n) is 7.66. The number of hydrogen-bond acceptors (Lipinski definition) is 2. The largest absolute Gasteiger partial charge is 0.352 e. The van der Waals surface area contributed by atoms with Crippen LogP contribution in [0.2, 0.25) is 15.1 Å². The molecule has 0 bridgehead atoms. The summed E-state index contributed by atoms with van der Waals surface area (Å²) in [5, 5.41) is 4.49. The summed E-state index contributed by atoms with van der Waals surface area (Å²) < 4.78 is 0. The Labute approximate surface area is 192 Å². The van der Waals surface area contributed by atoms with E-state index in [0.717, 1.165) is 31.2 Å². The molecule has 2 aromatic rings. The van der Waals surface area contributed by atoms with E-state index < -0.39 is 6.04 Å². The smallest absolute Gasteiger partial charge is 0.242 e. The van der Waals surface area contributed by atoms with Crippen LogP contribution in [0.1, 0.15) is 43.7 Å². The third-order valence-corrected chi connectivity index (χ3v) is 6.63. The number of carbonyl (C=O) groups excluding carboxylic acids is 2. The molecule has 1 N–H and O–H groups in total. The summed E-state index contributed by atoms with van der Waals surface area (Å²) in [5.74, 6) is -0.397. The Morgan fingerprint density at radius 1 is 1.00 bits per heavy atom. The van der Waals surface area contributed by atoms with Crippen LogP contribution >= 0.6 is 34.8 Å². The zero-order valence-corrected chi connectivity index (χ0v) is 19.1. The minimum Gasteiger partial charge on any atom is -0.352 e. The molecule has 1 aliphatic rings. The lowest BCUT2D eigenvalue weighted by molar-refractivity contribution is -0.140. The molecular formula is C23H25Cl3N2O2. The summed E-state index contributed by atoms with van der Waals surface area (Å²) in [6.07, 6.45) is 4.20. The maximum absolute atomic E-state index is 13.3. The zero-order valence-electron chi connectivity index (χ0n) is 16.8. The molecule has 1 saturated carbocycles. The predicted molar refractivity (Wildman–Crippen MR) is 122 cm³/mol. The molecule has 0 heterocycles. The second-order valence-corrected chi connectivity index (χ2v) is 8.88. The van der Waals surface area contributed by atoms with Crippen molar-refractivity contribution in [3.63, 3.8) is 0 Å². The van der Waals surface area contributed by atoms with Crippen molar-refractivity contribution in [2.45, 2.75) is 57.7 Å². The molecule has 0 saturated heterocycles. The molecule has 0 unspecified atom stereocenters. The third-order valence-electron chi connectivity index (χ3n) is 5.56. The fraction of sp³-hybridized carbons (Fsp3) is 0.391. The number of carbonyl (C=O) groups is 2. The van der Waals surface area contributed by atoms with Gasteiger partial charge < -0.3 is 10.2 Å². The van der Waals surface area contributed by atoms with E-state index in [1.54, 1.807) is 36.1 Å². The molecule has 30 heavy (non-hydrogen) atoms. The van der Waals surface area contributed by atoms with E-state index in [2.05, 4.69) is 5.32 Å². The molecule has 7 heteroatoms. The summed E-state index contributed by atoms with van der Waals surface area (Å²) >= 11 is 18.9. The van der Waals surface area contributed by atoms with Crippen molar-refractivity contribution in [2.75, 3.05) is 0 Å². The van der Waals surface area contributed by atoms with Crippen LogP contribution in [0, 0.1) is 0 Å². The molecule has 1 aliphatic carbocycles. The van der Waals surface area contributed by atoms with E-state index >= 15 is 0 Å². The van der Waals surface area contributed by atoms with Gasteiger partial charge in [0.2, 0.25) is 11.8 Å². The lowest BCUT2D eigenvalue weighted by atomic mass is 10.1. The van der Waals surface area contributed by atoms with Crippen molar-refractivity contribution in [3.8, 4) is 0 Å². The summed E-state index contributed by atoms with van der Waals surface area (Å²) in [6.45, 7) is 1.97. The fourth-order valence-corrected chi connectivity index (χ4v) is 4.47. The molecule has 160 valence electrons. The molecule has 0 spiro atoms. The number of halogens is 3. The van der Waals surface area contributed by atoms with Crippen molar-refractivity contribution >= 4 is 46.6 Å². The summed E-state index contributed by atoms with van der Waals surface area (Å²) in [4.78, 5) is 27.8. The normalized spacial score (nSPS) is 15.1. The Kier molecular flexibility index (Phi) is 8.04. The van der Waals surface area contributed by atoms with E-state index in [4.69, 9.17) is 34.8 Å². The molecule has 0 aromatic heterocycles. The van der Waals surface area contributed by atoms with Crippen LogP contribution < -0.4 is 5.32 Å². The van der Waals surface area contributed by atoms with Crippen molar-refractivity contribution in [2.24, 2.45) is 0 Å². The maximum Gasteiger partial charge on any atom is 0.242 e. The number of benzene rings is 2. The Balaban J connectivity index is 1.83. The first-order valence-corrected chi connectivity index (χ1v) is 11.3. The highest BCUT2D eigenvalue weighted by molar-refractivity contribution is 6.36. The third kappa shape index (κ3) is 5.69. The molecule has 1 atom stereocenters. The summed E-state index contributed by atoms with van der Waals surface area (Å²) in [5.41, 5.74) is 1.33. The second kappa shape index (κ2) is 10.5. The molecule has 3 rings (SSSR count). The first-order chi connectivity index (χ1) is 14.4. The topological polar surface area (TPSA) is 49.4 Å². The first kappa shape index (κ1) is 22.9. The van der Waals surface area contributed by atoms with Gasteiger partial charge in [0.15, 0.2) is 0 Å². The minimum absolute atomic E-state index is 0.00398. The van der Waals surface area contributed by atoms with Crippen LogP contribution in [0.5, 0.6) is 0 Å². The van der Waals surface area contributed by atoms with E-state index in [-0.39, 0.29) is 30.8 Å². The predicted octanol–water partition coefficient (Wildman–Crippen LogP) is 5.67. The fourth-order valence-electron chi connectivity index (χ4n) is 3.74. The first-order valence-electron chi connectivity index (χ1n) is 10.1. The monoisotopic (exact) mass is 466 g/mol. The Morgan fingerprint density at radius 2 is 1.60 bits per heavy atom. The number of nitrogens with one attached hydrogen (secondary N) is 1. The molecule has 2 amide bonds. The van der Waals surface area contributed by atoms with Crippen LogP contribution in [0.15, 0.2) is 42.5 Å². The van der Waals surface area contributed by atoms with E-state index in [1.807, 2.05) is 18.2 Å². The van der Waals surface area contributed by atoms with Gasteiger partial charge in [-0.25, -0.2) is 0 Å². The lowest BCUT2D eigenvalue weighted by Gasteiger charge is -2.30. The van der Waals surface area contributed by atoms with Gasteiger partial charge in [0.1, 0.15) is 6.04 Å². The van der Waals surface area contributed by atoms with Crippen molar-refractivity contribution in [1.29, 1.82) is 0 Å². The number of amides is 2. The zero-order chi connectivity index (χ0) is 21.7. The van der Waals surface area contributed by atoms with Crippen LogP contribution in [-0.4, -0.2) is 28.8 Å². The highest BCUT2D eigenvalue weighted by Gasteiger charge is 2.29. The molecule has 0 aliphatic heterocycles. The van der Waals surface area contributed by atoms with Gasteiger partial charge >= 0.3 is 0 Å². The number of rotatable bonds is 7. The van der Waals surface area contributed by atoms with Gasteiger partial charge in [0, 0.05) is 27.7 Å². The van der Waals surface area contributed by atoms with Crippen molar-refractivity contribution in [1.82, 2.24) is 10.2 Å². The Bertz CT molecular complexity index is 893. The SMILES string of the molecule is C[C@@H](C(=O)NC1CCCC1)N(Cc1ccccc1Cl)C(=O)Cc1c(Cl)cccc1Cl. The number of nitrogens with zero attached hydrogens (tertiary/aromatic N) is 1. The van der Waals surface area contributed by atoms with Crippen LogP contribution in [0.3, 0.4) is 0 Å². The van der Waals surface area contributed by atoms with Gasteiger partial charge in [-0.1, -0.05) is 71.9 Å². The van der Waals surface area contributed by atoms with Gasteiger partial charge in [0.25, 0.3) is 0 Å². The quantitative estimate of drug-likeness (QED) is 0.571. The Hall–Kier alpha value is -1.75. The minimum atomic E-state index is -0.657. The van der Waals surface area contributed by atoms with Crippen molar-refractivity contribution < 1.29 is 9.59 Å². The van der Waals surface area contributed by atoms with E-state index in [0.29, 0.717) is 20.6 Å². The van der Waals surface area contributed by atoms with Gasteiger partial charge in [-0.05, 0) is 49.1 Å². The van der Waals surface area contributed by atoms with Crippen LogP contribution in [0.25, 0.3) is 0 Å². The van der Waals surface area contributed by atoms with Gasteiger partial charge in [-0.15, -0.1) is 0 Å². The van der Waals surface area contributed by atoms with E-state index in [1.165, 1.54) is 0 Å². The van der Waals surface area contributed by atoms with Gasteiger partial charge in [-0.3, -0.25) is 9.59 Å². The molecule has 0 radical (unpaired) electrons. The number of hydrogen-bond donors (Lipinski definition) is 1. The standard InChI is InChI=1S/C23H25Cl3N2O2/c1-15(23(30)27-17-8-3-4-9-17)28(14-16-7-2-5-10-19(16)24)22(29)13-18-20(25)11-6-12-21(18)26/h2,5-7,10-12,15,17H,3-4,8-9,13-14H2,1H3,(H,27,30)/t15-/m0/s1. The van der Waals surface area contributed by atoms with Gasteiger partial charge in [-0.2, -0.15) is 0 Å². The lowest BCUT2D eigenvalue weighted by Crippen LogP contribution is -2.50. The van der Waals surface area contributed by atoms with Crippen LogP contribution in [-0.2, 0) is 22.6 Å². The molecule has 2 aromatic carbocycles. The highest BCUT2D eigenvalue weighted by Crippen LogP contribution is 2.27. The molecule has 4 nitrogen and oxygen atoms in total. The van der Waals surface area contributed by atoms with Crippen LogP contribution in [0.4, 0.5) is 0 Å². The average Bonchev–Trinajstić information content (AvgIpc) is 3.22.